The van der Waals surface area contributed by atoms with Crippen LogP contribution in [-0.2, 0) is 13.0 Å². The van der Waals surface area contributed by atoms with Crippen LogP contribution in [0.1, 0.15) is 21.6 Å². The summed E-state index contributed by atoms with van der Waals surface area (Å²) >= 11 is 0. The van der Waals surface area contributed by atoms with Crippen LogP contribution in [0.2, 0.25) is 0 Å². The number of aromatic nitrogens is 1. The van der Waals surface area contributed by atoms with Crippen LogP contribution in [0.25, 0.3) is 4.85 Å². The molecule has 0 amide bonds. The number of nitrogens with zero attached hydrogens (tertiary/aromatic N) is 2. The Morgan fingerprint density at radius 1 is 1.07 bits per heavy atom. The predicted molar refractivity (Wildman–Crippen MR) is 102 cm³/mol. The maximum absolute atomic E-state index is 12.5. The summed E-state index contributed by atoms with van der Waals surface area (Å²) in [6, 6.07) is 18.1. The lowest BCUT2D eigenvalue weighted by Crippen LogP contribution is -2.05. The summed E-state index contributed by atoms with van der Waals surface area (Å²) in [7, 11) is 1.63. The molecule has 0 aliphatic carbocycles. The summed E-state index contributed by atoms with van der Waals surface area (Å²) in [6.45, 7) is 7.34. The van der Waals surface area contributed by atoms with Gasteiger partial charge in [0.15, 0.2) is 5.78 Å². The average Bonchev–Trinajstić information content (AvgIpc) is 2.73. The Balaban J connectivity index is 1.63. The second kappa shape index (κ2) is 8.63. The van der Waals surface area contributed by atoms with Crippen molar-refractivity contribution in [3.05, 3.63) is 95.1 Å². The molecule has 0 spiro atoms. The molecule has 1 heterocycles. The van der Waals surface area contributed by atoms with E-state index in [9.17, 15) is 4.79 Å². The van der Waals surface area contributed by atoms with Gasteiger partial charge in [0.25, 0.3) is 0 Å². The van der Waals surface area contributed by atoms with Gasteiger partial charge in [-0.05, 0) is 29.8 Å². The molecule has 27 heavy (non-hydrogen) atoms. The third-order valence-corrected chi connectivity index (χ3v) is 4.00. The monoisotopic (exact) mass is 358 g/mol. The van der Waals surface area contributed by atoms with Crippen LogP contribution < -0.4 is 9.47 Å². The van der Waals surface area contributed by atoms with Crippen molar-refractivity contribution in [2.75, 3.05) is 7.11 Å². The minimum atomic E-state index is -0.0482. The van der Waals surface area contributed by atoms with Crippen LogP contribution in [0.4, 0.5) is 5.69 Å². The molecule has 0 saturated heterocycles. The molecule has 3 rings (SSSR count). The van der Waals surface area contributed by atoms with Crippen molar-refractivity contribution in [3.63, 3.8) is 0 Å². The average molecular weight is 358 g/mol. The quantitative estimate of drug-likeness (QED) is 0.456. The first-order valence-corrected chi connectivity index (χ1v) is 8.39. The SMILES string of the molecule is [C-]#[N+]c1ccc(CC(=O)c2cccc(OCc3ccc(OC)cc3)c2)nc1. The molecule has 3 aromatic rings. The van der Waals surface area contributed by atoms with E-state index in [-0.39, 0.29) is 12.2 Å². The molecule has 0 N–H and O–H groups in total. The highest BCUT2D eigenvalue weighted by molar-refractivity contribution is 5.97. The van der Waals surface area contributed by atoms with Gasteiger partial charge in [-0.3, -0.25) is 9.78 Å². The molecule has 0 unspecified atom stereocenters. The molecule has 0 radical (unpaired) electrons. The van der Waals surface area contributed by atoms with Crippen molar-refractivity contribution in [2.24, 2.45) is 0 Å². The summed E-state index contributed by atoms with van der Waals surface area (Å²) < 4.78 is 10.9. The van der Waals surface area contributed by atoms with Gasteiger partial charge in [-0.2, -0.15) is 0 Å². The third kappa shape index (κ3) is 4.93. The standard InChI is InChI=1S/C22H18N2O3/c1-23-19-9-8-18(24-14-19)13-22(25)17-4-3-5-21(12-17)27-15-16-6-10-20(26-2)11-7-16/h3-12,14H,13,15H2,2H3. The minimum absolute atomic E-state index is 0.0482. The highest BCUT2D eigenvalue weighted by atomic mass is 16.5. The van der Waals surface area contributed by atoms with Crippen LogP contribution in [-0.4, -0.2) is 17.9 Å². The molecule has 134 valence electrons. The van der Waals surface area contributed by atoms with Gasteiger partial charge in [0, 0.05) is 17.5 Å². The first kappa shape index (κ1) is 18.2. The van der Waals surface area contributed by atoms with E-state index < -0.39 is 0 Å². The minimum Gasteiger partial charge on any atom is -0.497 e. The number of carbonyl (C=O) groups is 1. The van der Waals surface area contributed by atoms with E-state index in [0.29, 0.717) is 29.3 Å². The van der Waals surface area contributed by atoms with Gasteiger partial charge in [-0.1, -0.05) is 36.4 Å². The predicted octanol–water partition coefficient (Wildman–Crippen LogP) is 4.65. The summed E-state index contributed by atoms with van der Waals surface area (Å²) in [5.41, 5.74) is 2.67. The number of rotatable bonds is 7. The lowest BCUT2D eigenvalue weighted by molar-refractivity contribution is 0.0991. The van der Waals surface area contributed by atoms with Crippen molar-refractivity contribution >= 4 is 11.5 Å². The molecule has 0 aliphatic rings. The summed E-state index contributed by atoms with van der Waals surface area (Å²) in [4.78, 5) is 19.9. The van der Waals surface area contributed by atoms with Crippen molar-refractivity contribution in [3.8, 4) is 11.5 Å². The van der Waals surface area contributed by atoms with E-state index >= 15 is 0 Å². The number of ether oxygens (including phenoxy) is 2. The van der Waals surface area contributed by atoms with E-state index in [1.165, 1.54) is 6.20 Å². The highest BCUT2D eigenvalue weighted by Gasteiger charge is 2.09. The third-order valence-electron chi connectivity index (χ3n) is 4.00. The molecule has 0 bridgehead atoms. The van der Waals surface area contributed by atoms with Gasteiger partial charge in [0.2, 0.25) is 5.69 Å². The lowest BCUT2D eigenvalue weighted by Gasteiger charge is -2.08. The van der Waals surface area contributed by atoms with Crippen LogP contribution in [0.15, 0.2) is 66.9 Å². The molecule has 0 saturated carbocycles. The van der Waals surface area contributed by atoms with E-state index in [2.05, 4.69) is 9.83 Å². The molecule has 0 aliphatic heterocycles. The molecule has 2 aromatic carbocycles. The fourth-order valence-corrected chi connectivity index (χ4v) is 2.50. The molecular formula is C22H18N2O3. The molecule has 0 fully saturated rings. The zero-order chi connectivity index (χ0) is 19.1. The number of ketones is 1. The topological polar surface area (TPSA) is 52.8 Å². The number of Topliss-reactive ketones (excluding diaryl/α,β-unsaturated/α-hetero) is 1. The molecule has 0 atom stereocenters. The fourth-order valence-electron chi connectivity index (χ4n) is 2.50. The zero-order valence-corrected chi connectivity index (χ0v) is 14.9. The van der Waals surface area contributed by atoms with Crippen LogP contribution in [0.3, 0.4) is 0 Å². The van der Waals surface area contributed by atoms with E-state index in [1.54, 1.807) is 37.4 Å². The van der Waals surface area contributed by atoms with Crippen molar-refractivity contribution < 1.29 is 14.3 Å². The Kier molecular flexibility index (Phi) is 5.80. The second-order valence-electron chi connectivity index (χ2n) is 5.88. The van der Waals surface area contributed by atoms with E-state index in [4.69, 9.17) is 16.0 Å². The Hall–Kier alpha value is -3.65. The summed E-state index contributed by atoms with van der Waals surface area (Å²) in [5.74, 6) is 1.38. The van der Waals surface area contributed by atoms with Crippen molar-refractivity contribution in [1.29, 1.82) is 0 Å². The number of hydrogen-bond donors (Lipinski definition) is 0. The molecule has 1 aromatic heterocycles. The molecule has 5 nitrogen and oxygen atoms in total. The second-order valence-corrected chi connectivity index (χ2v) is 5.88. The first-order chi connectivity index (χ1) is 13.2. The van der Waals surface area contributed by atoms with Crippen LogP contribution in [0.5, 0.6) is 11.5 Å². The number of methoxy groups -OCH3 is 1. The van der Waals surface area contributed by atoms with Crippen molar-refractivity contribution in [2.45, 2.75) is 13.0 Å². The Morgan fingerprint density at radius 2 is 1.89 bits per heavy atom. The first-order valence-electron chi connectivity index (χ1n) is 8.39. The van der Waals surface area contributed by atoms with Gasteiger partial charge in [0.1, 0.15) is 18.1 Å². The Labute approximate surface area is 158 Å². The van der Waals surface area contributed by atoms with Gasteiger partial charge >= 0.3 is 0 Å². The molecular weight excluding hydrogens is 340 g/mol. The Morgan fingerprint density at radius 3 is 2.56 bits per heavy atom. The summed E-state index contributed by atoms with van der Waals surface area (Å²) in [5, 5.41) is 0. The number of pyridine rings is 1. The van der Waals surface area contributed by atoms with E-state index in [1.807, 2.05) is 30.3 Å². The van der Waals surface area contributed by atoms with Gasteiger partial charge in [0.05, 0.1) is 20.1 Å². The number of carbonyl (C=O) groups excluding carboxylic acids is 1. The summed E-state index contributed by atoms with van der Waals surface area (Å²) in [6.07, 6.45) is 1.66. The molecule has 5 heteroatoms. The maximum atomic E-state index is 12.5. The Bertz CT molecular complexity index is 958. The lowest BCUT2D eigenvalue weighted by atomic mass is 10.1. The fraction of sp³-hybridized carbons (Fsp3) is 0.136. The zero-order valence-electron chi connectivity index (χ0n) is 14.9. The smallest absolute Gasteiger partial charge is 0.205 e. The van der Waals surface area contributed by atoms with E-state index in [0.717, 1.165) is 11.3 Å². The number of benzene rings is 2. The maximum Gasteiger partial charge on any atom is 0.205 e. The van der Waals surface area contributed by atoms with Gasteiger partial charge < -0.3 is 9.47 Å². The van der Waals surface area contributed by atoms with Gasteiger partial charge in [-0.25, -0.2) is 4.85 Å². The normalized spacial score (nSPS) is 10.1. The largest absolute Gasteiger partial charge is 0.497 e. The van der Waals surface area contributed by atoms with Gasteiger partial charge in [-0.15, -0.1) is 0 Å². The van der Waals surface area contributed by atoms with Crippen LogP contribution in [0, 0.1) is 6.57 Å². The van der Waals surface area contributed by atoms with Crippen molar-refractivity contribution in [1.82, 2.24) is 4.98 Å². The number of hydrogen-bond acceptors (Lipinski definition) is 4. The van der Waals surface area contributed by atoms with Crippen LogP contribution >= 0.6 is 0 Å². The highest BCUT2D eigenvalue weighted by Crippen LogP contribution is 2.18.